The number of rotatable bonds is 6. The summed E-state index contributed by atoms with van der Waals surface area (Å²) >= 11 is 0. The van der Waals surface area contributed by atoms with Crippen LogP contribution >= 0.6 is 0 Å². The molecule has 1 aliphatic heterocycles. The van der Waals surface area contributed by atoms with Crippen LogP contribution in [0.1, 0.15) is 43.6 Å². The maximum absolute atomic E-state index is 12.8. The molecule has 5 nitrogen and oxygen atoms in total. The van der Waals surface area contributed by atoms with E-state index in [0.717, 1.165) is 29.8 Å². The summed E-state index contributed by atoms with van der Waals surface area (Å²) in [6, 6.07) is 16.3. The van der Waals surface area contributed by atoms with E-state index >= 15 is 0 Å². The molecule has 0 bridgehead atoms. The third-order valence-electron chi connectivity index (χ3n) is 6.01. The Balaban J connectivity index is 1.85. The van der Waals surface area contributed by atoms with Crippen molar-refractivity contribution in [1.29, 1.82) is 0 Å². The van der Waals surface area contributed by atoms with Crippen LogP contribution in [-0.4, -0.2) is 42.2 Å². The van der Waals surface area contributed by atoms with Crippen molar-refractivity contribution in [1.82, 2.24) is 9.88 Å². The highest BCUT2D eigenvalue weighted by Crippen LogP contribution is 2.40. The molecule has 0 fully saturated rings. The van der Waals surface area contributed by atoms with Gasteiger partial charge in [0.05, 0.1) is 19.8 Å². The molecule has 0 radical (unpaired) electrons. The quantitative estimate of drug-likeness (QED) is 0.602. The predicted molar refractivity (Wildman–Crippen MR) is 119 cm³/mol. The van der Waals surface area contributed by atoms with Crippen LogP contribution in [0.4, 0.5) is 0 Å². The Kier molecular flexibility index (Phi) is 5.82. The number of fused-ring (bicyclic) bond motifs is 3. The van der Waals surface area contributed by atoms with Gasteiger partial charge in [-0.3, -0.25) is 9.69 Å². The van der Waals surface area contributed by atoms with E-state index < -0.39 is 0 Å². The first-order valence-corrected chi connectivity index (χ1v) is 10.7. The molecule has 2 atom stereocenters. The summed E-state index contributed by atoms with van der Waals surface area (Å²) in [6.07, 6.45) is 0.896. The highest BCUT2D eigenvalue weighted by atomic mass is 16.5. The molecule has 30 heavy (non-hydrogen) atoms. The molecule has 158 valence electrons. The summed E-state index contributed by atoms with van der Waals surface area (Å²) in [5.74, 6) is 0.808. The Morgan fingerprint density at radius 2 is 1.90 bits per heavy atom. The van der Waals surface area contributed by atoms with Gasteiger partial charge in [-0.05, 0) is 48.6 Å². The number of ether oxygens (including phenoxy) is 2. The average molecular weight is 407 g/mol. The van der Waals surface area contributed by atoms with E-state index in [1.54, 1.807) is 0 Å². The van der Waals surface area contributed by atoms with Crippen LogP contribution in [0.3, 0.4) is 0 Å². The molecule has 5 heteroatoms. The molecule has 0 saturated heterocycles. The van der Waals surface area contributed by atoms with Gasteiger partial charge >= 0.3 is 5.97 Å². The lowest BCUT2D eigenvalue weighted by Gasteiger charge is -2.41. The summed E-state index contributed by atoms with van der Waals surface area (Å²) in [5.41, 5.74) is 4.79. The fourth-order valence-corrected chi connectivity index (χ4v) is 4.74. The van der Waals surface area contributed by atoms with E-state index in [-0.39, 0.29) is 24.0 Å². The standard InChI is InChI=1S/C25H30N2O3/c1-5-30-18-12-10-17(11-13-18)24-22-20(19-8-6-7-9-21(19)26-22)14-15-27(24)23(16(2)3)25(28)29-4/h6-13,16,23-24,26H,5,14-15H2,1-4H3/t23-,24+/m0/s1. The van der Waals surface area contributed by atoms with Crippen molar-refractivity contribution in [3.05, 3.63) is 65.4 Å². The number of carbonyl (C=O) groups excluding carboxylic acids is 1. The minimum Gasteiger partial charge on any atom is -0.494 e. The molecule has 0 unspecified atom stereocenters. The maximum Gasteiger partial charge on any atom is 0.323 e. The zero-order valence-electron chi connectivity index (χ0n) is 18.1. The Morgan fingerprint density at radius 1 is 1.17 bits per heavy atom. The molecule has 0 spiro atoms. The van der Waals surface area contributed by atoms with Crippen molar-refractivity contribution >= 4 is 16.9 Å². The topological polar surface area (TPSA) is 54.6 Å². The number of aromatic amines is 1. The first-order valence-electron chi connectivity index (χ1n) is 10.7. The highest BCUT2D eigenvalue weighted by Gasteiger charge is 2.40. The van der Waals surface area contributed by atoms with Gasteiger partial charge in [-0.15, -0.1) is 0 Å². The number of carbonyl (C=O) groups is 1. The van der Waals surface area contributed by atoms with Crippen LogP contribution < -0.4 is 4.74 Å². The van der Waals surface area contributed by atoms with Crippen LogP contribution in [0.5, 0.6) is 5.75 Å². The van der Waals surface area contributed by atoms with E-state index in [1.165, 1.54) is 23.8 Å². The summed E-state index contributed by atoms with van der Waals surface area (Å²) in [6.45, 7) is 7.58. The fourth-order valence-electron chi connectivity index (χ4n) is 4.74. The molecule has 0 saturated carbocycles. The van der Waals surface area contributed by atoms with E-state index in [1.807, 2.05) is 19.1 Å². The SMILES string of the molecule is CCOc1ccc([C@@H]2c3[nH]c4ccccc4c3CCN2[C@H](C(=O)OC)C(C)C)cc1. The number of methoxy groups -OCH3 is 1. The Morgan fingerprint density at radius 3 is 2.57 bits per heavy atom. The van der Waals surface area contributed by atoms with Gasteiger partial charge in [0.25, 0.3) is 0 Å². The first-order chi connectivity index (χ1) is 14.5. The third kappa shape index (κ3) is 3.58. The number of H-pyrrole nitrogens is 1. The van der Waals surface area contributed by atoms with Crippen LogP contribution in [0.15, 0.2) is 48.5 Å². The summed E-state index contributed by atoms with van der Waals surface area (Å²) in [4.78, 5) is 18.7. The largest absolute Gasteiger partial charge is 0.494 e. The first kappa shape index (κ1) is 20.5. The number of hydrogen-bond donors (Lipinski definition) is 1. The average Bonchev–Trinajstić information content (AvgIpc) is 3.13. The Bertz CT molecular complexity index is 1020. The van der Waals surface area contributed by atoms with Gasteiger partial charge in [0.15, 0.2) is 0 Å². The van der Waals surface area contributed by atoms with E-state index in [0.29, 0.717) is 6.61 Å². The second-order valence-electron chi connectivity index (χ2n) is 8.17. The minimum absolute atomic E-state index is 0.0525. The van der Waals surface area contributed by atoms with Crippen LogP contribution in [0.2, 0.25) is 0 Å². The number of esters is 1. The molecule has 0 aliphatic carbocycles. The molecule has 2 aromatic carbocycles. The van der Waals surface area contributed by atoms with Crippen molar-refractivity contribution in [2.75, 3.05) is 20.3 Å². The number of para-hydroxylation sites is 1. The van der Waals surface area contributed by atoms with Gasteiger partial charge in [-0.25, -0.2) is 0 Å². The molecule has 1 aromatic heterocycles. The van der Waals surface area contributed by atoms with Gasteiger partial charge in [0, 0.05) is 23.1 Å². The van der Waals surface area contributed by atoms with Gasteiger partial charge in [-0.1, -0.05) is 44.2 Å². The van der Waals surface area contributed by atoms with Crippen molar-refractivity contribution < 1.29 is 14.3 Å². The lowest BCUT2D eigenvalue weighted by Crippen LogP contribution is -2.50. The normalized spacial score (nSPS) is 17.7. The van der Waals surface area contributed by atoms with Gasteiger partial charge < -0.3 is 14.5 Å². The van der Waals surface area contributed by atoms with E-state index in [9.17, 15) is 4.79 Å². The van der Waals surface area contributed by atoms with E-state index in [2.05, 4.69) is 60.1 Å². The lowest BCUT2D eigenvalue weighted by atomic mass is 9.88. The van der Waals surface area contributed by atoms with Gasteiger partial charge in [0.1, 0.15) is 11.8 Å². The number of benzene rings is 2. The zero-order chi connectivity index (χ0) is 21.3. The van der Waals surface area contributed by atoms with Crippen molar-refractivity contribution in [2.45, 2.75) is 39.3 Å². The third-order valence-corrected chi connectivity index (χ3v) is 6.01. The molecule has 3 aromatic rings. The van der Waals surface area contributed by atoms with Gasteiger partial charge in [0.2, 0.25) is 0 Å². The molecular formula is C25H30N2O3. The number of nitrogens with zero attached hydrogens (tertiary/aromatic N) is 1. The Hall–Kier alpha value is -2.79. The van der Waals surface area contributed by atoms with Crippen LogP contribution in [0, 0.1) is 5.92 Å². The summed E-state index contributed by atoms with van der Waals surface area (Å²) in [5, 5.41) is 1.27. The molecule has 1 N–H and O–H groups in total. The Labute approximate surface area is 178 Å². The van der Waals surface area contributed by atoms with Crippen molar-refractivity contribution in [3.63, 3.8) is 0 Å². The number of aromatic nitrogens is 1. The maximum atomic E-state index is 12.8. The van der Waals surface area contributed by atoms with Crippen LogP contribution in [0.25, 0.3) is 10.9 Å². The highest BCUT2D eigenvalue weighted by molar-refractivity contribution is 5.85. The monoisotopic (exact) mass is 406 g/mol. The van der Waals surface area contributed by atoms with Crippen molar-refractivity contribution in [2.24, 2.45) is 5.92 Å². The molecule has 0 amide bonds. The second-order valence-corrected chi connectivity index (χ2v) is 8.17. The number of hydrogen-bond acceptors (Lipinski definition) is 4. The predicted octanol–water partition coefficient (Wildman–Crippen LogP) is 4.71. The lowest BCUT2D eigenvalue weighted by molar-refractivity contribution is -0.150. The second kappa shape index (κ2) is 8.52. The van der Waals surface area contributed by atoms with Crippen molar-refractivity contribution in [3.8, 4) is 5.75 Å². The summed E-state index contributed by atoms with van der Waals surface area (Å²) in [7, 11) is 1.47. The molecule has 2 heterocycles. The minimum atomic E-state index is -0.314. The molecule has 4 rings (SSSR count). The number of nitrogens with one attached hydrogen (secondary N) is 1. The fraction of sp³-hybridized carbons (Fsp3) is 0.400. The van der Waals surface area contributed by atoms with Gasteiger partial charge in [-0.2, -0.15) is 0 Å². The summed E-state index contributed by atoms with van der Waals surface area (Å²) < 4.78 is 10.8. The zero-order valence-corrected chi connectivity index (χ0v) is 18.1. The molecular weight excluding hydrogens is 376 g/mol. The van der Waals surface area contributed by atoms with E-state index in [4.69, 9.17) is 9.47 Å². The smallest absolute Gasteiger partial charge is 0.323 e. The van der Waals surface area contributed by atoms with Crippen LogP contribution in [-0.2, 0) is 16.0 Å². The molecule has 1 aliphatic rings.